The molecule has 0 spiro atoms. The second-order valence-electron chi connectivity index (χ2n) is 0.901. The van der Waals surface area contributed by atoms with Crippen LogP contribution in [0, 0.1) is 0 Å². The molecule has 0 nitrogen and oxygen atoms in total. The molecule has 0 N–H and O–H groups in total. The van der Waals surface area contributed by atoms with E-state index in [-0.39, 0.29) is 12.4 Å². The van der Waals surface area contributed by atoms with E-state index in [0.29, 0.717) is 0 Å². The highest BCUT2D eigenvalue weighted by atomic mass is 19.3. The highest BCUT2D eigenvalue weighted by Crippen LogP contribution is 2.09. The van der Waals surface area contributed by atoms with Crippen LogP contribution in [-0.4, -0.2) is 0 Å². The zero-order valence-corrected chi connectivity index (χ0v) is 3.67. The highest BCUT2D eigenvalue weighted by Gasteiger charge is 1.97. The van der Waals surface area contributed by atoms with Crippen molar-refractivity contribution in [3.63, 3.8) is 0 Å². The molecule has 0 aromatic heterocycles. The molecule has 0 fully saturated rings. The first-order valence-electron chi connectivity index (χ1n) is 1.66. The average molecular weight is 126 g/mol. The second-order valence-corrected chi connectivity index (χ2v) is 0.901. The summed E-state index contributed by atoms with van der Waals surface area (Å²) >= 11 is 0. The smallest absolute Gasteiger partial charge is 0.215 e. The third kappa shape index (κ3) is 2.39. The van der Waals surface area contributed by atoms with E-state index in [1.165, 1.54) is 0 Å². The van der Waals surface area contributed by atoms with Crippen LogP contribution in [-0.2, 0) is 0 Å². The Bertz CT molecular complexity index is 120. The molecule has 0 rings (SSSR count). The van der Waals surface area contributed by atoms with Crippen LogP contribution in [0.2, 0.25) is 0 Å². The molecule has 0 atom stereocenters. The van der Waals surface area contributed by atoms with Gasteiger partial charge in [-0.15, -0.1) is 0 Å². The minimum Gasteiger partial charge on any atom is -0.215 e. The molecule has 0 bridgehead atoms. The van der Waals surface area contributed by atoms with Crippen LogP contribution in [0.1, 0.15) is 0 Å². The van der Waals surface area contributed by atoms with Crippen molar-refractivity contribution in [2.75, 3.05) is 0 Å². The lowest BCUT2D eigenvalue weighted by Gasteiger charge is -1.77. The molecule has 0 saturated heterocycles. The van der Waals surface area contributed by atoms with Crippen LogP contribution in [0.15, 0.2) is 24.3 Å². The molecular formula is C4H2F4. The Labute approximate surface area is 43.1 Å². The van der Waals surface area contributed by atoms with Gasteiger partial charge in [-0.3, -0.25) is 0 Å². The summed E-state index contributed by atoms with van der Waals surface area (Å²) in [6.45, 7) is 0. The topological polar surface area (TPSA) is 0 Å². The van der Waals surface area contributed by atoms with E-state index in [1.54, 1.807) is 0 Å². The number of halogens is 4. The van der Waals surface area contributed by atoms with Gasteiger partial charge in [0.2, 0.25) is 0 Å². The zero-order chi connectivity index (χ0) is 6.57. The Balaban J connectivity index is 4.00. The number of rotatable bonds is 1. The summed E-state index contributed by atoms with van der Waals surface area (Å²) in [5.74, 6) is -1.84. The van der Waals surface area contributed by atoms with Crippen molar-refractivity contribution in [3.05, 3.63) is 24.3 Å². The summed E-state index contributed by atoms with van der Waals surface area (Å²) in [6, 6.07) is 0. The van der Waals surface area contributed by atoms with Crippen LogP contribution in [0.4, 0.5) is 17.6 Å². The molecule has 0 aliphatic heterocycles. The molecule has 0 aromatic carbocycles. The van der Waals surface area contributed by atoms with Crippen LogP contribution < -0.4 is 0 Å². The van der Waals surface area contributed by atoms with Crippen molar-refractivity contribution >= 4 is 0 Å². The van der Waals surface area contributed by atoms with Gasteiger partial charge in [-0.05, 0) is 0 Å². The molecule has 0 saturated carbocycles. The second kappa shape index (κ2) is 3.23. The molecule has 0 amide bonds. The van der Waals surface area contributed by atoms with E-state index in [0.717, 1.165) is 0 Å². The number of hydrogen-bond donors (Lipinski definition) is 0. The van der Waals surface area contributed by atoms with E-state index in [2.05, 4.69) is 0 Å². The molecule has 0 aliphatic carbocycles. The van der Waals surface area contributed by atoms with E-state index in [4.69, 9.17) is 0 Å². The number of hydrogen-bond acceptors (Lipinski definition) is 0. The lowest BCUT2D eigenvalue weighted by molar-refractivity contribution is 0.386. The summed E-state index contributed by atoms with van der Waals surface area (Å²) in [7, 11) is 0. The van der Waals surface area contributed by atoms with Crippen LogP contribution in [0.5, 0.6) is 0 Å². The first kappa shape index (κ1) is 7.20. The van der Waals surface area contributed by atoms with Gasteiger partial charge < -0.3 is 0 Å². The van der Waals surface area contributed by atoms with Crippen molar-refractivity contribution in [3.8, 4) is 0 Å². The molecule has 0 aromatic rings. The summed E-state index contributed by atoms with van der Waals surface area (Å²) in [5.41, 5.74) is 0. The molecule has 0 aliphatic rings. The van der Waals surface area contributed by atoms with Gasteiger partial charge in [0.15, 0.2) is 5.83 Å². The zero-order valence-electron chi connectivity index (χ0n) is 3.67. The Morgan fingerprint density at radius 3 is 1.75 bits per heavy atom. The van der Waals surface area contributed by atoms with Crippen molar-refractivity contribution in [1.82, 2.24) is 0 Å². The normalized spacial score (nSPS) is 10.0. The van der Waals surface area contributed by atoms with Gasteiger partial charge in [0.25, 0.3) is 0 Å². The van der Waals surface area contributed by atoms with Crippen LogP contribution >= 0.6 is 0 Å². The van der Waals surface area contributed by atoms with E-state index < -0.39 is 11.9 Å². The highest BCUT2D eigenvalue weighted by molar-refractivity contribution is 5.08. The molecular weight excluding hydrogens is 124 g/mol. The van der Waals surface area contributed by atoms with Crippen molar-refractivity contribution < 1.29 is 17.6 Å². The fourth-order valence-electron chi connectivity index (χ4n) is 0.118. The molecule has 8 heavy (non-hydrogen) atoms. The standard InChI is InChI=1S/C4H2F4/c5-2-1-3(6)4(7)8/h1-2H/b2-1+. The lowest BCUT2D eigenvalue weighted by Crippen LogP contribution is -1.64. The van der Waals surface area contributed by atoms with E-state index in [1.807, 2.05) is 0 Å². The van der Waals surface area contributed by atoms with Gasteiger partial charge in [0.05, 0.1) is 6.33 Å². The van der Waals surface area contributed by atoms with Gasteiger partial charge in [0, 0.05) is 6.08 Å². The Hall–Kier alpha value is -0.800. The van der Waals surface area contributed by atoms with Gasteiger partial charge in [0.1, 0.15) is 0 Å². The van der Waals surface area contributed by atoms with E-state index >= 15 is 0 Å². The van der Waals surface area contributed by atoms with Crippen molar-refractivity contribution in [2.45, 2.75) is 0 Å². The van der Waals surface area contributed by atoms with Gasteiger partial charge in [-0.2, -0.15) is 8.78 Å². The van der Waals surface area contributed by atoms with Crippen molar-refractivity contribution in [1.29, 1.82) is 0 Å². The third-order valence-corrected chi connectivity index (χ3v) is 0.390. The predicted octanol–water partition coefficient (Wildman–Crippen LogP) is 2.55. The van der Waals surface area contributed by atoms with Gasteiger partial charge in [-0.25, -0.2) is 8.78 Å². The lowest BCUT2D eigenvalue weighted by atomic mass is 10.6. The third-order valence-electron chi connectivity index (χ3n) is 0.390. The SMILES string of the molecule is F/C=C/C(F)=C(F)F. The summed E-state index contributed by atoms with van der Waals surface area (Å²) < 4.78 is 43.9. The number of allylic oxidation sites excluding steroid dienone is 2. The first-order valence-corrected chi connectivity index (χ1v) is 1.66. The van der Waals surface area contributed by atoms with Crippen molar-refractivity contribution in [2.24, 2.45) is 0 Å². The maximum absolute atomic E-state index is 11.3. The maximum atomic E-state index is 11.3. The molecule has 4 heteroatoms. The summed E-state index contributed by atoms with van der Waals surface area (Å²) in [4.78, 5) is 0. The minimum atomic E-state index is -2.51. The fourth-order valence-corrected chi connectivity index (χ4v) is 0.118. The predicted molar refractivity (Wildman–Crippen MR) is 20.6 cm³/mol. The monoisotopic (exact) mass is 126 g/mol. The van der Waals surface area contributed by atoms with Gasteiger partial charge in [-0.1, -0.05) is 0 Å². The Morgan fingerprint density at radius 2 is 1.62 bits per heavy atom. The maximum Gasteiger partial charge on any atom is 0.305 e. The summed E-state index contributed by atoms with van der Waals surface area (Å²) in [6.07, 6.45) is -2.77. The summed E-state index contributed by atoms with van der Waals surface area (Å²) in [5, 5.41) is 0. The van der Waals surface area contributed by atoms with Crippen LogP contribution in [0.3, 0.4) is 0 Å². The van der Waals surface area contributed by atoms with Crippen LogP contribution in [0.25, 0.3) is 0 Å². The Morgan fingerprint density at radius 1 is 1.12 bits per heavy atom. The largest absolute Gasteiger partial charge is 0.305 e. The molecule has 46 valence electrons. The Kier molecular flexibility index (Phi) is 2.91. The molecule has 0 heterocycles. The quantitative estimate of drug-likeness (QED) is 0.374. The van der Waals surface area contributed by atoms with E-state index in [9.17, 15) is 17.6 Å². The van der Waals surface area contributed by atoms with Gasteiger partial charge >= 0.3 is 6.08 Å². The average Bonchev–Trinajstić information content (AvgIpc) is 1.67. The minimum absolute atomic E-state index is 0.0370. The molecule has 0 unspecified atom stereocenters. The first-order chi connectivity index (χ1) is 3.68. The molecule has 0 radical (unpaired) electrons. The fraction of sp³-hybridized carbons (Fsp3) is 0.